The Bertz CT molecular complexity index is 791. The SMILES string of the molecule is Cc1ccsc1.NC1C(=O)N2CC(/C=C\c3cnco3)(C(=O)O)CS[C@H]12. The number of aryl methyl sites for hydroxylation is 1. The van der Waals surface area contributed by atoms with E-state index in [1.54, 1.807) is 23.5 Å². The fraction of sp³-hybridized carbons (Fsp3) is 0.353. The van der Waals surface area contributed by atoms with Crippen LogP contribution in [0, 0.1) is 12.3 Å². The number of nitrogens with zero attached hydrogens (tertiary/aromatic N) is 2. The van der Waals surface area contributed by atoms with Gasteiger partial charge in [-0.2, -0.15) is 11.3 Å². The van der Waals surface area contributed by atoms with Crippen molar-refractivity contribution < 1.29 is 19.1 Å². The maximum absolute atomic E-state index is 11.7. The number of carbonyl (C=O) groups excluding carboxylic acids is 1. The van der Waals surface area contributed by atoms with Crippen LogP contribution in [-0.2, 0) is 9.59 Å². The van der Waals surface area contributed by atoms with Crippen LogP contribution in [0.5, 0.6) is 0 Å². The minimum absolute atomic E-state index is 0.103. The number of β-lactam (4-membered cyclic amide) rings is 1. The quantitative estimate of drug-likeness (QED) is 0.768. The van der Waals surface area contributed by atoms with Gasteiger partial charge >= 0.3 is 5.97 Å². The van der Waals surface area contributed by atoms with Crippen molar-refractivity contribution in [3.8, 4) is 0 Å². The summed E-state index contributed by atoms with van der Waals surface area (Å²) >= 11 is 3.14. The fourth-order valence-electron chi connectivity index (χ4n) is 2.68. The third kappa shape index (κ3) is 3.69. The number of aliphatic carboxylic acids is 1. The summed E-state index contributed by atoms with van der Waals surface area (Å²) in [5, 5.41) is 13.6. The molecule has 2 aromatic heterocycles. The molecule has 0 saturated carbocycles. The molecule has 26 heavy (non-hydrogen) atoms. The molecule has 2 aliphatic heterocycles. The zero-order valence-corrected chi connectivity index (χ0v) is 15.7. The molecule has 2 aliphatic rings. The van der Waals surface area contributed by atoms with E-state index in [0.29, 0.717) is 11.5 Å². The number of fused-ring (bicyclic) bond motifs is 1. The number of thioether (sulfide) groups is 1. The number of oxazole rings is 1. The number of carbonyl (C=O) groups is 2. The molecule has 1 amide bonds. The van der Waals surface area contributed by atoms with Crippen LogP contribution >= 0.6 is 23.1 Å². The van der Waals surface area contributed by atoms with Gasteiger partial charge in [0.1, 0.15) is 22.6 Å². The lowest BCUT2D eigenvalue weighted by atomic mass is 9.86. The van der Waals surface area contributed by atoms with Gasteiger partial charge < -0.3 is 20.2 Å². The molecule has 4 rings (SSSR count). The molecule has 9 heteroatoms. The molecule has 0 radical (unpaired) electrons. The molecule has 2 saturated heterocycles. The monoisotopic (exact) mass is 393 g/mol. The number of carboxylic acid groups (broad SMARTS) is 1. The number of hydrogen-bond acceptors (Lipinski definition) is 7. The third-order valence-electron chi connectivity index (χ3n) is 4.25. The normalized spacial score (nSPS) is 27.5. The number of carboxylic acids is 1. The topological polar surface area (TPSA) is 110 Å². The van der Waals surface area contributed by atoms with Gasteiger partial charge in [-0.05, 0) is 35.4 Å². The Labute approximate surface area is 158 Å². The molecular formula is C17H19N3O4S2. The highest BCUT2D eigenvalue weighted by atomic mass is 32.2. The fourth-order valence-corrected chi connectivity index (χ4v) is 4.81. The Morgan fingerprint density at radius 3 is 2.92 bits per heavy atom. The van der Waals surface area contributed by atoms with E-state index in [9.17, 15) is 14.7 Å². The summed E-state index contributed by atoms with van der Waals surface area (Å²) in [6, 6.07) is 1.59. The van der Waals surface area contributed by atoms with E-state index in [1.165, 1.54) is 34.8 Å². The van der Waals surface area contributed by atoms with E-state index in [2.05, 4.69) is 28.7 Å². The van der Waals surface area contributed by atoms with Gasteiger partial charge in [0.05, 0.1) is 6.20 Å². The molecule has 7 nitrogen and oxygen atoms in total. The number of amides is 1. The molecule has 3 atom stereocenters. The standard InChI is InChI=1S/C12H13N3O4S.C5H6S/c13-8-9(16)15-4-12(11(17)18,5-20-10(8)15)2-1-7-3-14-6-19-7;1-5-2-3-6-4-5/h1-3,6,8,10H,4-5,13H2,(H,17,18);2-4H,1H3/b2-1-;/t8?,10-,12?;/m1./s1. The summed E-state index contributed by atoms with van der Waals surface area (Å²) in [6.07, 6.45) is 5.91. The van der Waals surface area contributed by atoms with Crippen LogP contribution in [0.1, 0.15) is 11.3 Å². The van der Waals surface area contributed by atoms with Crippen molar-refractivity contribution in [2.45, 2.75) is 18.3 Å². The average molecular weight is 393 g/mol. The van der Waals surface area contributed by atoms with Gasteiger partial charge in [-0.25, -0.2) is 4.98 Å². The minimum atomic E-state index is -1.12. The first-order valence-corrected chi connectivity index (χ1v) is 9.90. The second kappa shape index (κ2) is 7.65. The zero-order chi connectivity index (χ0) is 18.7. The van der Waals surface area contributed by atoms with Gasteiger partial charge in [-0.3, -0.25) is 9.59 Å². The van der Waals surface area contributed by atoms with Gasteiger partial charge in [-0.1, -0.05) is 6.08 Å². The minimum Gasteiger partial charge on any atom is -0.481 e. The molecule has 2 unspecified atom stereocenters. The van der Waals surface area contributed by atoms with Crippen molar-refractivity contribution in [3.05, 3.63) is 46.8 Å². The van der Waals surface area contributed by atoms with Crippen molar-refractivity contribution in [3.63, 3.8) is 0 Å². The van der Waals surface area contributed by atoms with Crippen LogP contribution in [0.25, 0.3) is 6.08 Å². The molecule has 2 fully saturated rings. The first-order chi connectivity index (χ1) is 12.4. The van der Waals surface area contributed by atoms with E-state index in [4.69, 9.17) is 10.2 Å². The summed E-state index contributed by atoms with van der Waals surface area (Å²) < 4.78 is 5.05. The van der Waals surface area contributed by atoms with Crippen LogP contribution in [0.15, 0.2) is 39.9 Å². The molecule has 0 aromatic carbocycles. The predicted molar refractivity (Wildman–Crippen MR) is 101 cm³/mol. The highest BCUT2D eigenvalue weighted by molar-refractivity contribution is 8.00. The Hall–Kier alpha value is -2.10. The van der Waals surface area contributed by atoms with Crippen molar-refractivity contribution in [1.29, 1.82) is 0 Å². The summed E-state index contributed by atoms with van der Waals surface area (Å²) in [7, 11) is 0. The summed E-state index contributed by atoms with van der Waals surface area (Å²) in [5.74, 6) is -0.312. The summed E-state index contributed by atoms with van der Waals surface area (Å²) in [6.45, 7) is 2.23. The number of aromatic nitrogens is 1. The van der Waals surface area contributed by atoms with E-state index in [1.807, 2.05) is 0 Å². The average Bonchev–Trinajstić information content (AvgIpc) is 3.33. The number of thiophene rings is 1. The first kappa shape index (κ1) is 18.7. The first-order valence-electron chi connectivity index (χ1n) is 7.90. The lowest BCUT2D eigenvalue weighted by Gasteiger charge is -2.52. The van der Waals surface area contributed by atoms with Gasteiger partial charge in [0.15, 0.2) is 6.39 Å². The maximum Gasteiger partial charge on any atom is 0.316 e. The van der Waals surface area contributed by atoms with E-state index in [0.717, 1.165) is 0 Å². The highest BCUT2D eigenvalue weighted by Gasteiger charge is 2.54. The second-order valence-corrected chi connectivity index (χ2v) is 8.08. The van der Waals surface area contributed by atoms with Crippen LogP contribution < -0.4 is 5.73 Å². The Morgan fingerprint density at radius 1 is 1.58 bits per heavy atom. The van der Waals surface area contributed by atoms with Crippen LogP contribution in [-0.4, -0.2) is 50.6 Å². The number of rotatable bonds is 3. The molecule has 138 valence electrons. The smallest absolute Gasteiger partial charge is 0.316 e. The molecule has 2 aromatic rings. The van der Waals surface area contributed by atoms with Gasteiger partial charge in [0.2, 0.25) is 5.91 Å². The zero-order valence-electron chi connectivity index (χ0n) is 14.1. The second-order valence-electron chi connectivity index (χ2n) is 6.19. The maximum atomic E-state index is 11.7. The van der Waals surface area contributed by atoms with Crippen molar-refractivity contribution in [2.75, 3.05) is 12.3 Å². The lowest BCUT2D eigenvalue weighted by Crippen LogP contribution is -2.71. The van der Waals surface area contributed by atoms with Crippen molar-refractivity contribution in [2.24, 2.45) is 11.1 Å². The summed E-state index contributed by atoms with van der Waals surface area (Å²) in [5.41, 5.74) is 5.93. The lowest BCUT2D eigenvalue weighted by molar-refractivity contribution is -0.153. The van der Waals surface area contributed by atoms with Crippen LogP contribution in [0.2, 0.25) is 0 Å². The number of nitrogens with two attached hydrogens (primary N) is 1. The molecule has 3 N–H and O–H groups in total. The van der Waals surface area contributed by atoms with Gasteiger partial charge in [0.25, 0.3) is 0 Å². The van der Waals surface area contributed by atoms with Crippen molar-refractivity contribution >= 4 is 41.1 Å². The highest BCUT2D eigenvalue weighted by Crippen LogP contribution is 2.42. The predicted octanol–water partition coefficient (Wildman–Crippen LogP) is 2.06. The molecule has 0 spiro atoms. The molecule has 0 aliphatic carbocycles. The molecular weight excluding hydrogens is 374 g/mol. The van der Waals surface area contributed by atoms with E-state index in [-0.39, 0.29) is 17.8 Å². The molecule has 0 bridgehead atoms. The Morgan fingerprint density at radius 2 is 2.38 bits per heavy atom. The largest absolute Gasteiger partial charge is 0.481 e. The molecule has 4 heterocycles. The van der Waals surface area contributed by atoms with E-state index < -0.39 is 17.4 Å². The van der Waals surface area contributed by atoms with Crippen LogP contribution in [0.3, 0.4) is 0 Å². The van der Waals surface area contributed by atoms with E-state index >= 15 is 0 Å². The Kier molecular flexibility index (Phi) is 5.49. The third-order valence-corrected chi connectivity index (χ3v) is 6.63. The van der Waals surface area contributed by atoms with Gasteiger partial charge in [0, 0.05) is 12.3 Å². The van der Waals surface area contributed by atoms with Crippen molar-refractivity contribution in [1.82, 2.24) is 9.88 Å². The number of hydrogen-bond donors (Lipinski definition) is 2. The van der Waals surface area contributed by atoms with Gasteiger partial charge in [-0.15, -0.1) is 11.8 Å². The summed E-state index contributed by atoms with van der Waals surface area (Å²) in [4.78, 5) is 28.6. The van der Waals surface area contributed by atoms with Crippen LogP contribution in [0.4, 0.5) is 0 Å². The Balaban J connectivity index is 0.000000278.